The fraction of sp³-hybridized carbons (Fsp3) is 0. The van der Waals surface area contributed by atoms with Crippen molar-refractivity contribution in [3.05, 3.63) is 53.6 Å². The summed E-state index contributed by atoms with van der Waals surface area (Å²) < 4.78 is 31.7. The van der Waals surface area contributed by atoms with E-state index < -0.39 is 21.7 Å². The van der Waals surface area contributed by atoms with Gasteiger partial charge in [0.2, 0.25) is 0 Å². The molecule has 0 atom stereocenters. The molecule has 0 unspecified atom stereocenters. The Kier molecular flexibility index (Phi) is 5.34. The first-order valence-corrected chi connectivity index (χ1v) is 8.03. The highest BCUT2D eigenvalue weighted by atomic mass is 32.2. The molecule has 132 valence electrons. The van der Waals surface area contributed by atoms with Crippen LogP contribution in [-0.2, 0) is 10.1 Å². The molecule has 25 heavy (non-hydrogen) atoms. The lowest BCUT2D eigenvalue weighted by Gasteiger charge is -2.14. The topological polar surface area (TPSA) is 163 Å². The van der Waals surface area contributed by atoms with E-state index in [0.717, 1.165) is 12.3 Å². The molecule has 0 aromatic heterocycles. The molecule has 0 aliphatic heterocycles. The average molecular weight is 366 g/mol. The normalized spacial score (nSPS) is 11.5. The Morgan fingerprint density at radius 3 is 2.48 bits per heavy atom. The SMILES string of the molecule is O=C([O-])c1cc(N(O)O)ccc1N/N=C/c1ccccc1S(=O)(=O)O. The van der Waals surface area contributed by atoms with Gasteiger partial charge < -0.3 is 9.90 Å². The van der Waals surface area contributed by atoms with Gasteiger partial charge in [0.05, 0.1) is 23.6 Å². The summed E-state index contributed by atoms with van der Waals surface area (Å²) in [7, 11) is -4.45. The second-order valence-electron chi connectivity index (χ2n) is 4.69. The van der Waals surface area contributed by atoms with Gasteiger partial charge in [-0.1, -0.05) is 18.2 Å². The van der Waals surface area contributed by atoms with Crippen LogP contribution in [0, 0.1) is 0 Å². The summed E-state index contributed by atoms with van der Waals surface area (Å²) in [4.78, 5) is 10.7. The maximum absolute atomic E-state index is 11.3. The molecule has 4 N–H and O–H groups in total. The maximum atomic E-state index is 11.3. The number of hydrazone groups is 1. The minimum Gasteiger partial charge on any atom is -0.545 e. The highest BCUT2D eigenvalue weighted by Crippen LogP contribution is 2.22. The molecular weight excluding hydrogens is 354 g/mol. The number of aromatic carboxylic acids is 1. The molecule has 0 spiro atoms. The van der Waals surface area contributed by atoms with Crippen LogP contribution in [0.4, 0.5) is 11.4 Å². The van der Waals surface area contributed by atoms with E-state index in [-0.39, 0.29) is 27.1 Å². The van der Waals surface area contributed by atoms with Crippen LogP contribution in [0.25, 0.3) is 0 Å². The molecular formula is C14H12N3O7S-. The Labute approximate surface area is 141 Å². The number of carbonyl (C=O) groups is 1. The molecule has 0 saturated carbocycles. The van der Waals surface area contributed by atoms with Crippen molar-refractivity contribution in [3.63, 3.8) is 0 Å². The molecule has 0 amide bonds. The first-order chi connectivity index (χ1) is 11.7. The quantitative estimate of drug-likeness (QED) is 0.320. The largest absolute Gasteiger partial charge is 0.545 e. The van der Waals surface area contributed by atoms with Crippen LogP contribution in [-0.4, -0.2) is 35.6 Å². The van der Waals surface area contributed by atoms with Crippen molar-refractivity contribution in [1.82, 2.24) is 0 Å². The molecule has 0 aliphatic rings. The number of anilines is 2. The van der Waals surface area contributed by atoms with Gasteiger partial charge in [0.25, 0.3) is 10.1 Å². The first kappa shape index (κ1) is 18.4. The molecule has 0 radical (unpaired) electrons. The predicted molar refractivity (Wildman–Crippen MR) is 84.3 cm³/mol. The summed E-state index contributed by atoms with van der Waals surface area (Å²) in [6.07, 6.45) is 1.07. The molecule has 2 aromatic rings. The number of rotatable bonds is 6. The van der Waals surface area contributed by atoms with Gasteiger partial charge in [-0.05, 0) is 24.3 Å². The summed E-state index contributed by atoms with van der Waals surface area (Å²) in [5.41, 5.74) is 1.78. The van der Waals surface area contributed by atoms with E-state index in [0.29, 0.717) is 0 Å². The summed E-state index contributed by atoms with van der Waals surface area (Å²) >= 11 is 0. The van der Waals surface area contributed by atoms with Gasteiger partial charge in [-0.25, -0.2) is 0 Å². The van der Waals surface area contributed by atoms with Crippen molar-refractivity contribution < 1.29 is 33.3 Å². The summed E-state index contributed by atoms with van der Waals surface area (Å²) in [6, 6.07) is 8.81. The van der Waals surface area contributed by atoms with Crippen molar-refractivity contribution in [2.24, 2.45) is 5.10 Å². The fourth-order valence-corrected chi connectivity index (χ4v) is 2.59. The Hall–Kier alpha value is -2.99. The molecule has 0 bridgehead atoms. The Morgan fingerprint density at radius 2 is 1.88 bits per heavy atom. The number of carboxylic acids is 1. The second-order valence-corrected chi connectivity index (χ2v) is 6.08. The zero-order chi connectivity index (χ0) is 18.6. The smallest absolute Gasteiger partial charge is 0.295 e. The zero-order valence-corrected chi connectivity index (χ0v) is 13.2. The van der Waals surface area contributed by atoms with Crippen LogP contribution in [0.2, 0.25) is 0 Å². The average Bonchev–Trinajstić information content (AvgIpc) is 2.54. The Morgan fingerprint density at radius 1 is 1.20 bits per heavy atom. The number of carbonyl (C=O) groups excluding carboxylic acids is 1. The molecule has 0 aliphatic carbocycles. The van der Waals surface area contributed by atoms with E-state index in [2.05, 4.69) is 10.5 Å². The number of nitrogens with one attached hydrogen (secondary N) is 1. The van der Waals surface area contributed by atoms with Gasteiger partial charge in [0, 0.05) is 11.1 Å². The van der Waals surface area contributed by atoms with Crippen molar-refractivity contribution >= 4 is 33.7 Å². The van der Waals surface area contributed by atoms with E-state index in [1.165, 1.54) is 36.4 Å². The van der Waals surface area contributed by atoms with Crippen molar-refractivity contribution in [2.75, 3.05) is 10.7 Å². The van der Waals surface area contributed by atoms with Crippen molar-refractivity contribution in [2.45, 2.75) is 4.90 Å². The maximum Gasteiger partial charge on any atom is 0.295 e. The molecule has 0 heterocycles. The molecule has 2 aromatic carbocycles. The minimum atomic E-state index is -4.45. The lowest BCUT2D eigenvalue weighted by molar-refractivity contribution is -0.254. The summed E-state index contributed by atoms with van der Waals surface area (Å²) in [6.45, 7) is 0. The van der Waals surface area contributed by atoms with Gasteiger partial charge in [-0.2, -0.15) is 13.5 Å². The lowest BCUT2D eigenvalue weighted by atomic mass is 10.1. The molecule has 2 rings (SSSR count). The Bertz CT molecular complexity index is 926. The fourth-order valence-electron chi connectivity index (χ4n) is 1.92. The van der Waals surface area contributed by atoms with E-state index in [1.807, 2.05) is 0 Å². The number of hydrogen-bond donors (Lipinski definition) is 4. The second kappa shape index (κ2) is 7.27. The predicted octanol–water partition coefficient (Wildman–Crippen LogP) is 0.328. The summed E-state index contributed by atoms with van der Waals surface area (Å²) in [5, 5.41) is 32.4. The number of hydrogen-bond acceptors (Lipinski definition) is 9. The van der Waals surface area contributed by atoms with Crippen LogP contribution in [0.5, 0.6) is 0 Å². The molecule has 10 nitrogen and oxygen atoms in total. The van der Waals surface area contributed by atoms with Gasteiger partial charge >= 0.3 is 0 Å². The molecule has 0 fully saturated rings. The third-order valence-corrected chi connectivity index (χ3v) is 3.97. The van der Waals surface area contributed by atoms with E-state index in [9.17, 15) is 18.3 Å². The standard InChI is InChI=1S/C14H13N3O7S/c18-14(19)11-7-10(17(20)21)5-6-12(11)16-15-8-9-3-1-2-4-13(9)25(22,23)24/h1-8,16,20-21H,(H,18,19)(H,22,23,24)/p-1/b15-8+. The highest BCUT2D eigenvalue weighted by molar-refractivity contribution is 7.86. The molecule has 11 heteroatoms. The van der Waals surface area contributed by atoms with Gasteiger partial charge in [-0.15, -0.1) is 5.23 Å². The minimum absolute atomic E-state index is 0.0359. The molecule has 0 saturated heterocycles. The van der Waals surface area contributed by atoms with E-state index in [1.54, 1.807) is 0 Å². The number of benzene rings is 2. The third kappa shape index (κ3) is 4.51. The highest BCUT2D eigenvalue weighted by Gasteiger charge is 2.13. The van der Waals surface area contributed by atoms with Gasteiger partial charge in [0.1, 0.15) is 4.90 Å². The lowest BCUT2D eigenvalue weighted by Crippen LogP contribution is -2.24. The third-order valence-electron chi connectivity index (χ3n) is 3.04. The zero-order valence-electron chi connectivity index (χ0n) is 12.4. The first-order valence-electron chi connectivity index (χ1n) is 6.59. The van der Waals surface area contributed by atoms with Crippen LogP contribution in [0.1, 0.15) is 15.9 Å². The van der Waals surface area contributed by atoms with Gasteiger partial charge in [0.15, 0.2) is 0 Å². The van der Waals surface area contributed by atoms with Crippen LogP contribution in [0.3, 0.4) is 0 Å². The Balaban J connectivity index is 2.31. The van der Waals surface area contributed by atoms with E-state index in [4.69, 9.17) is 15.0 Å². The van der Waals surface area contributed by atoms with Crippen molar-refractivity contribution in [3.8, 4) is 0 Å². The monoisotopic (exact) mass is 366 g/mol. The van der Waals surface area contributed by atoms with Gasteiger partial charge in [-0.3, -0.25) is 20.4 Å². The summed E-state index contributed by atoms with van der Waals surface area (Å²) in [5.74, 6) is -1.60. The number of carboxylic acid groups (broad SMARTS) is 1. The van der Waals surface area contributed by atoms with Crippen LogP contribution in [0.15, 0.2) is 52.5 Å². The number of nitrogens with zero attached hydrogens (tertiary/aromatic N) is 2. The van der Waals surface area contributed by atoms with Crippen molar-refractivity contribution in [1.29, 1.82) is 0 Å². The van der Waals surface area contributed by atoms with E-state index >= 15 is 0 Å². The van der Waals surface area contributed by atoms with Crippen LogP contribution >= 0.6 is 0 Å². The van der Waals surface area contributed by atoms with Crippen LogP contribution < -0.4 is 15.8 Å².